The summed E-state index contributed by atoms with van der Waals surface area (Å²) in [5, 5.41) is 5.78. The number of hydrogen-bond acceptors (Lipinski definition) is 3. The first-order chi connectivity index (χ1) is 11.0. The predicted molar refractivity (Wildman–Crippen MR) is 94.2 cm³/mol. The van der Waals surface area contributed by atoms with E-state index in [4.69, 9.17) is 11.6 Å². The molecule has 0 aliphatic carbocycles. The molecular formula is C17H15ClN2O2S. The molecule has 1 aliphatic rings. The van der Waals surface area contributed by atoms with Gasteiger partial charge in [-0.1, -0.05) is 29.8 Å². The summed E-state index contributed by atoms with van der Waals surface area (Å²) in [4.78, 5) is 25.3. The molecule has 2 N–H and O–H groups in total. The lowest BCUT2D eigenvalue weighted by atomic mass is 10.2. The number of fused-ring (bicyclic) bond motifs is 1. The second kappa shape index (κ2) is 6.64. The van der Waals surface area contributed by atoms with Crippen molar-refractivity contribution in [2.75, 3.05) is 10.6 Å². The van der Waals surface area contributed by atoms with Crippen LogP contribution in [0.4, 0.5) is 11.4 Å². The Bertz CT molecular complexity index is 779. The van der Waals surface area contributed by atoms with Gasteiger partial charge in [-0.3, -0.25) is 9.59 Å². The van der Waals surface area contributed by atoms with Gasteiger partial charge >= 0.3 is 0 Å². The fourth-order valence-electron chi connectivity index (χ4n) is 2.34. The minimum atomic E-state index is -0.451. The zero-order valence-corrected chi connectivity index (χ0v) is 14.0. The third-order valence-electron chi connectivity index (χ3n) is 3.55. The topological polar surface area (TPSA) is 58.2 Å². The van der Waals surface area contributed by atoms with Crippen molar-refractivity contribution in [2.24, 2.45) is 0 Å². The van der Waals surface area contributed by atoms with E-state index < -0.39 is 5.25 Å². The number of hydrogen-bond donors (Lipinski definition) is 2. The van der Waals surface area contributed by atoms with Crippen LogP contribution < -0.4 is 10.6 Å². The lowest BCUT2D eigenvalue weighted by Crippen LogP contribution is -2.32. The Hall–Kier alpha value is -1.98. The van der Waals surface area contributed by atoms with Gasteiger partial charge in [0.05, 0.1) is 10.9 Å². The van der Waals surface area contributed by atoms with E-state index in [1.54, 1.807) is 12.1 Å². The van der Waals surface area contributed by atoms with Gasteiger partial charge in [0.25, 0.3) is 0 Å². The summed E-state index contributed by atoms with van der Waals surface area (Å²) < 4.78 is 0. The van der Waals surface area contributed by atoms with E-state index in [1.807, 2.05) is 37.3 Å². The monoisotopic (exact) mass is 346 g/mol. The first-order valence-electron chi connectivity index (χ1n) is 7.15. The standard InChI is InChI=1S/C17H15ClN2O2S/c1-10-4-2-3-5-12(10)19-16(21)9-15-17(22)20-13-8-11(18)6-7-14(13)23-15/h2-8,15H,9H2,1H3,(H,19,21)(H,20,22)/t15-/m0/s1. The average molecular weight is 347 g/mol. The van der Waals surface area contributed by atoms with E-state index in [0.29, 0.717) is 10.7 Å². The van der Waals surface area contributed by atoms with Crippen LogP contribution in [0.3, 0.4) is 0 Å². The number of nitrogens with one attached hydrogen (secondary N) is 2. The number of halogens is 1. The van der Waals surface area contributed by atoms with Crippen LogP contribution in [0.5, 0.6) is 0 Å². The molecule has 2 aromatic rings. The number of amides is 2. The molecule has 3 rings (SSSR count). The van der Waals surface area contributed by atoms with Crippen LogP contribution in [0.1, 0.15) is 12.0 Å². The second-order valence-corrected chi connectivity index (χ2v) is 6.98. The first-order valence-corrected chi connectivity index (χ1v) is 8.41. The van der Waals surface area contributed by atoms with E-state index in [0.717, 1.165) is 16.1 Å². The van der Waals surface area contributed by atoms with Crippen molar-refractivity contribution in [1.29, 1.82) is 0 Å². The Morgan fingerprint density at radius 1 is 1.30 bits per heavy atom. The summed E-state index contributed by atoms with van der Waals surface area (Å²) in [7, 11) is 0. The highest BCUT2D eigenvalue weighted by Gasteiger charge is 2.29. The molecule has 1 heterocycles. The number of para-hydroxylation sites is 1. The number of benzene rings is 2. The summed E-state index contributed by atoms with van der Waals surface area (Å²) in [6, 6.07) is 12.9. The molecule has 4 nitrogen and oxygen atoms in total. The van der Waals surface area contributed by atoms with E-state index in [1.165, 1.54) is 11.8 Å². The van der Waals surface area contributed by atoms with Gasteiger partial charge in [-0.05, 0) is 36.8 Å². The minimum Gasteiger partial charge on any atom is -0.326 e. The van der Waals surface area contributed by atoms with Crippen LogP contribution in [-0.2, 0) is 9.59 Å². The quantitative estimate of drug-likeness (QED) is 0.880. The number of aryl methyl sites for hydroxylation is 1. The lowest BCUT2D eigenvalue weighted by molar-refractivity contribution is -0.120. The predicted octanol–water partition coefficient (Wildman–Crippen LogP) is 4.09. The zero-order valence-electron chi connectivity index (χ0n) is 12.4. The average Bonchev–Trinajstić information content (AvgIpc) is 2.50. The molecule has 0 spiro atoms. The Labute approximate surface area is 143 Å². The van der Waals surface area contributed by atoms with E-state index in [2.05, 4.69) is 10.6 Å². The molecule has 0 saturated heterocycles. The maximum atomic E-state index is 12.2. The molecule has 0 fully saturated rings. The van der Waals surface area contributed by atoms with Crippen LogP contribution in [0.25, 0.3) is 0 Å². The normalized spacial score (nSPS) is 16.4. The maximum Gasteiger partial charge on any atom is 0.238 e. The van der Waals surface area contributed by atoms with Gasteiger partial charge in [0, 0.05) is 22.0 Å². The van der Waals surface area contributed by atoms with Crippen molar-refractivity contribution in [2.45, 2.75) is 23.5 Å². The minimum absolute atomic E-state index is 0.118. The summed E-state index contributed by atoms with van der Waals surface area (Å²) in [6.45, 7) is 1.93. The maximum absolute atomic E-state index is 12.2. The van der Waals surface area contributed by atoms with Crippen molar-refractivity contribution < 1.29 is 9.59 Å². The molecule has 6 heteroatoms. The number of thioether (sulfide) groups is 1. The van der Waals surface area contributed by atoms with Crippen molar-refractivity contribution in [3.63, 3.8) is 0 Å². The molecule has 118 valence electrons. The number of rotatable bonds is 3. The highest BCUT2D eigenvalue weighted by atomic mass is 35.5. The van der Waals surface area contributed by atoms with Gasteiger partial charge in [-0.15, -0.1) is 11.8 Å². The summed E-state index contributed by atoms with van der Waals surface area (Å²) in [5.74, 6) is -0.353. The highest BCUT2D eigenvalue weighted by molar-refractivity contribution is 8.01. The number of anilines is 2. The Balaban J connectivity index is 1.68. The fourth-order valence-corrected chi connectivity index (χ4v) is 3.60. The molecule has 2 aromatic carbocycles. The van der Waals surface area contributed by atoms with Crippen LogP contribution in [-0.4, -0.2) is 17.1 Å². The molecular weight excluding hydrogens is 332 g/mol. The third-order valence-corrected chi connectivity index (χ3v) is 5.06. The van der Waals surface area contributed by atoms with Crippen molar-refractivity contribution in [3.05, 3.63) is 53.1 Å². The van der Waals surface area contributed by atoms with Crippen LogP contribution in [0.2, 0.25) is 5.02 Å². The van der Waals surface area contributed by atoms with Gasteiger partial charge in [-0.25, -0.2) is 0 Å². The molecule has 0 radical (unpaired) electrons. The van der Waals surface area contributed by atoms with E-state index >= 15 is 0 Å². The number of carbonyl (C=O) groups is 2. The van der Waals surface area contributed by atoms with Crippen molar-refractivity contribution >= 4 is 46.6 Å². The Morgan fingerprint density at radius 3 is 2.87 bits per heavy atom. The molecule has 0 aromatic heterocycles. The van der Waals surface area contributed by atoms with Gasteiger partial charge in [0.1, 0.15) is 0 Å². The second-order valence-electron chi connectivity index (χ2n) is 5.30. The molecule has 0 bridgehead atoms. The molecule has 2 amide bonds. The van der Waals surface area contributed by atoms with Gasteiger partial charge in [-0.2, -0.15) is 0 Å². The first kappa shape index (κ1) is 15.9. The van der Waals surface area contributed by atoms with Gasteiger partial charge < -0.3 is 10.6 Å². The molecule has 1 aliphatic heterocycles. The summed E-state index contributed by atoms with van der Waals surface area (Å²) in [5.41, 5.74) is 2.45. The van der Waals surface area contributed by atoms with Crippen LogP contribution >= 0.6 is 23.4 Å². The smallest absolute Gasteiger partial charge is 0.238 e. The summed E-state index contributed by atoms with van der Waals surface area (Å²) >= 11 is 7.31. The van der Waals surface area contributed by atoms with E-state index in [-0.39, 0.29) is 18.2 Å². The molecule has 1 atom stereocenters. The highest BCUT2D eigenvalue weighted by Crippen LogP contribution is 2.38. The van der Waals surface area contributed by atoms with Crippen molar-refractivity contribution in [3.8, 4) is 0 Å². The third kappa shape index (κ3) is 3.68. The van der Waals surface area contributed by atoms with E-state index in [9.17, 15) is 9.59 Å². The molecule has 23 heavy (non-hydrogen) atoms. The van der Waals surface area contributed by atoms with Gasteiger partial charge in [0.15, 0.2) is 0 Å². The summed E-state index contributed by atoms with van der Waals surface area (Å²) in [6.07, 6.45) is 0.118. The fraction of sp³-hybridized carbons (Fsp3) is 0.176. The van der Waals surface area contributed by atoms with Crippen molar-refractivity contribution in [1.82, 2.24) is 0 Å². The lowest BCUT2D eigenvalue weighted by Gasteiger charge is -2.24. The molecule has 0 saturated carbocycles. The van der Waals surface area contributed by atoms with Crippen LogP contribution in [0.15, 0.2) is 47.4 Å². The SMILES string of the molecule is Cc1ccccc1NC(=O)C[C@@H]1Sc2ccc(Cl)cc2NC1=O. The largest absolute Gasteiger partial charge is 0.326 e. The molecule has 0 unspecified atom stereocenters. The zero-order chi connectivity index (χ0) is 16.4. The Morgan fingerprint density at radius 2 is 2.09 bits per heavy atom. The number of carbonyl (C=O) groups excluding carboxylic acids is 2. The van der Waals surface area contributed by atoms with Gasteiger partial charge in [0.2, 0.25) is 11.8 Å². The van der Waals surface area contributed by atoms with Crippen LogP contribution in [0, 0.1) is 6.92 Å². The Kier molecular flexibility index (Phi) is 4.59.